The minimum Gasteiger partial charge on any atom is -0.324 e. The molecule has 7 heteroatoms. The van der Waals surface area contributed by atoms with Gasteiger partial charge in [-0.15, -0.1) is 0 Å². The summed E-state index contributed by atoms with van der Waals surface area (Å²) in [5, 5.41) is 13.6. The van der Waals surface area contributed by atoms with E-state index >= 15 is 0 Å². The Bertz CT molecular complexity index is 586. The van der Waals surface area contributed by atoms with Gasteiger partial charge in [0.1, 0.15) is 5.69 Å². The summed E-state index contributed by atoms with van der Waals surface area (Å²) in [5.74, 6) is -0.150. The second kappa shape index (κ2) is 6.39. The third kappa shape index (κ3) is 3.79. The molecule has 120 valence electrons. The lowest BCUT2D eigenvalue weighted by atomic mass is 10.0. The van der Waals surface area contributed by atoms with E-state index in [-0.39, 0.29) is 17.1 Å². The number of nitrogens with one attached hydrogen (secondary N) is 1. The maximum Gasteiger partial charge on any atom is 0.292 e. The molecule has 0 saturated carbocycles. The minimum absolute atomic E-state index is 0.0847. The third-order valence-electron chi connectivity index (χ3n) is 4.22. The number of rotatable bonds is 5. The number of carbonyl (C=O) groups is 1. The predicted octanol–water partition coefficient (Wildman–Crippen LogP) is 2.50. The zero-order valence-electron chi connectivity index (χ0n) is 13.3. The van der Waals surface area contributed by atoms with Crippen molar-refractivity contribution in [3.8, 4) is 0 Å². The SMILES string of the molecule is Cc1ncc(NC(=O)CCN2CCCC2(C)C)cc1[N+](=O)[O-]. The molecule has 2 rings (SSSR count). The van der Waals surface area contributed by atoms with Gasteiger partial charge >= 0.3 is 0 Å². The Balaban J connectivity index is 1.92. The molecule has 1 aromatic rings. The summed E-state index contributed by atoms with van der Waals surface area (Å²) in [6.45, 7) is 7.65. The van der Waals surface area contributed by atoms with Crippen molar-refractivity contribution in [3.63, 3.8) is 0 Å². The highest BCUT2D eigenvalue weighted by Crippen LogP contribution is 2.28. The number of aryl methyl sites for hydroxylation is 1. The van der Waals surface area contributed by atoms with Crippen molar-refractivity contribution >= 4 is 17.3 Å². The van der Waals surface area contributed by atoms with Gasteiger partial charge in [-0.2, -0.15) is 0 Å². The first-order chi connectivity index (χ1) is 10.3. The van der Waals surface area contributed by atoms with E-state index in [1.165, 1.54) is 12.3 Å². The molecule has 7 nitrogen and oxygen atoms in total. The molecule has 22 heavy (non-hydrogen) atoms. The van der Waals surface area contributed by atoms with E-state index in [0.717, 1.165) is 19.4 Å². The van der Waals surface area contributed by atoms with Crippen LogP contribution in [0.15, 0.2) is 12.3 Å². The number of amides is 1. The van der Waals surface area contributed by atoms with E-state index in [4.69, 9.17) is 0 Å². The molecule has 0 bridgehead atoms. The lowest BCUT2D eigenvalue weighted by Gasteiger charge is -2.31. The van der Waals surface area contributed by atoms with E-state index in [2.05, 4.69) is 29.0 Å². The molecule has 1 aliphatic rings. The highest BCUT2D eigenvalue weighted by molar-refractivity contribution is 5.91. The Morgan fingerprint density at radius 2 is 2.27 bits per heavy atom. The Morgan fingerprint density at radius 3 is 2.86 bits per heavy atom. The smallest absolute Gasteiger partial charge is 0.292 e. The highest BCUT2D eigenvalue weighted by Gasteiger charge is 2.31. The number of hydrogen-bond acceptors (Lipinski definition) is 5. The van der Waals surface area contributed by atoms with Gasteiger partial charge in [-0.05, 0) is 40.2 Å². The highest BCUT2D eigenvalue weighted by atomic mass is 16.6. The third-order valence-corrected chi connectivity index (χ3v) is 4.22. The van der Waals surface area contributed by atoms with Gasteiger partial charge in [0.25, 0.3) is 5.69 Å². The number of pyridine rings is 1. The molecular weight excluding hydrogens is 284 g/mol. The summed E-state index contributed by atoms with van der Waals surface area (Å²) >= 11 is 0. The number of likely N-dealkylation sites (tertiary alicyclic amines) is 1. The van der Waals surface area contributed by atoms with Crippen LogP contribution in [-0.2, 0) is 4.79 Å². The van der Waals surface area contributed by atoms with E-state index in [1.54, 1.807) is 6.92 Å². The Morgan fingerprint density at radius 1 is 1.55 bits per heavy atom. The zero-order chi connectivity index (χ0) is 16.3. The first-order valence-electron chi connectivity index (χ1n) is 7.45. The number of carbonyl (C=O) groups excluding carboxylic acids is 1. The van der Waals surface area contributed by atoms with Crippen LogP contribution in [0.3, 0.4) is 0 Å². The van der Waals surface area contributed by atoms with E-state index in [9.17, 15) is 14.9 Å². The summed E-state index contributed by atoms with van der Waals surface area (Å²) < 4.78 is 0. The summed E-state index contributed by atoms with van der Waals surface area (Å²) in [6, 6.07) is 1.35. The molecular formula is C15H22N4O3. The molecule has 0 atom stereocenters. The van der Waals surface area contributed by atoms with Gasteiger partial charge in [0.15, 0.2) is 0 Å². The number of hydrogen-bond donors (Lipinski definition) is 1. The van der Waals surface area contributed by atoms with Crippen LogP contribution in [0.5, 0.6) is 0 Å². The first kappa shape index (κ1) is 16.4. The fourth-order valence-corrected chi connectivity index (χ4v) is 2.81. The Kier molecular flexibility index (Phi) is 4.75. The van der Waals surface area contributed by atoms with Crippen LogP contribution in [0.2, 0.25) is 0 Å². The maximum atomic E-state index is 12.0. The normalized spacial score (nSPS) is 17.4. The van der Waals surface area contributed by atoms with Crippen molar-refractivity contribution in [2.45, 2.75) is 45.6 Å². The molecule has 1 aromatic heterocycles. The second-order valence-corrected chi connectivity index (χ2v) is 6.29. The topological polar surface area (TPSA) is 88.4 Å². The van der Waals surface area contributed by atoms with Crippen molar-refractivity contribution in [1.82, 2.24) is 9.88 Å². The number of nitrogens with zero attached hydrogens (tertiary/aromatic N) is 3. The number of nitro groups is 1. The average Bonchev–Trinajstić information content (AvgIpc) is 2.77. The molecule has 0 spiro atoms. The van der Waals surface area contributed by atoms with E-state index < -0.39 is 4.92 Å². The van der Waals surface area contributed by atoms with Crippen LogP contribution < -0.4 is 5.32 Å². The lowest BCUT2D eigenvalue weighted by Crippen LogP contribution is -2.39. The standard InChI is InChI=1S/C15H22N4O3/c1-11-13(19(21)22)9-12(10-16-11)17-14(20)5-8-18-7-4-6-15(18,2)3/h9-10H,4-8H2,1-3H3,(H,17,20). The van der Waals surface area contributed by atoms with Crippen LogP contribution in [0, 0.1) is 17.0 Å². The second-order valence-electron chi connectivity index (χ2n) is 6.29. The van der Waals surface area contributed by atoms with Gasteiger partial charge in [0, 0.05) is 24.6 Å². The van der Waals surface area contributed by atoms with Gasteiger partial charge < -0.3 is 5.32 Å². The van der Waals surface area contributed by atoms with Gasteiger partial charge in [0.2, 0.25) is 5.91 Å². The molecule has 1 fully saturated rings. The van der Waals surface area contributed by atoms with Crippen molar-refractivity contribution in [2.24, 2.45) is 0 Å². The van der Waals surface area contributed by atoms with Gasteiger partial charge in [0.05, 0.1) is 16.8 Å². The van der Waals surface area contributed by atoms with Crippen LogP contribution in [0.4, 0.5) is 11.4 Å². The van der Waals surface area contributed by atoms with Crippen LogP contribution in [0.1, 0.15) is 38.8 Å². The van der Waals surface area contributed by atoms with Crippen molar-refractivity contribution in [2.75, 3.05) is 18.4 Å². The predicted molar refractivity (Wildman–Crippen MR) is 83.8 cm³/mol. The van der Waals surface area contributed by atoms with Crippen molar-refractivity contribution in [1.29, 1.82) is 0 Å². The van der Waals surface area contributed by atoms with Gasteiger partial charge in [-0.1, -0.05) is 0 Å². The fourth-order valence-electron chi connectivity index (χ4n) is 2.81. The van der Waals surface area contributed by atoms with Gasteiger partial charge in [-0.3, -0.25) is 24.8 Å². The molecule has 0 unspecified atom stereocenters. The van der Waals surface area contributed by atoms with Crippen molar-refractivity contribution in [3.05, 3.63) is 28.1 Å². The first-order valence-corrected chi connectivity index (χ1v) is 7.45. The quantitative estimate of drug-likeness (QED) is 0.667. The minimum atomic E-state index is -0.495. The molecule has 1 saturated heterocycles. The fraction of sp³-hybridized carbons (Fsp3) is 0.600. The average molecular weight is 306 g/mol. The molecule has 2 heterocycles. The number of aromatic nitrogens is 1. The van der Waals surface area contributed by atoms with E-state index in [1.807, 2.05) is 0 Å². The molecule has 1 N–H and O–H groups in total. The Labute approximate surface area is 129 Å². The molecule has 1 amide bonds. The molecule has 0 aromatic carbocycles. The maximum absolute atomic E-state index is 12.0. The van der Waals surface area contributed by atoms with E-state index in [0.29, 0.717) is 24.3 Å². The zero-order valence-corrected chi connectivity index (χ0v) is 13.3. The molecule has 1 aliphatic heterocycles. The van der Waals surface area contributed by atoms with Crippen LogP contribution in [0.25, 0.3) is 0 Å². The summed E-state index contributed by atoms with van der Waals surface area (Å²) in [7, 11) is 0. The van der Waals surface area contributed by atoms with Crippen LogP contribution >= 0.6 is 0 Å². The summed E-state index contributed by atoms with van der Waals surface area (Å²) in [6.07, 6.45) is 4.11. The van der Waals surface area contributed by atoms with Gasteiger partial charge in [-0.25, -0.2) is 0 Å². The Hall–Kier alpha value is -2.02. The monoisotopic (exact) mass is 306 g/mol. The lowest BCUT2D eigenvalue weighted by molar-refractivity contribution is -0.385. The summed E-state index contributed by atoms with van der Waals surface area (Å²) in [5.41, 5.74) is 0.757. The largest absolute Gasteiger partial charge is 0.324 e. The molecule has 0 aliphatic carbocycles. The summed E-state index contributed by atoms with van der Waals surface area (Å²) in [4.78, 5) is 28.6. The number of anilines is 1. The van der Waals surface area contributed by atoms with Crippen LogP contribution in [-0.4, -0.2) is 39.3 Å². The molecule has 0 radical (unpaired) electrons. The van der Waals surface area contributed by atoms with Crippen molar-refractivity contribution < 1.29 is 9.72 Å².